The third-order valence-corrected chi connectivity index (χ3v) is 4.87. The first-order chi connectivity index (χ1) is 11.0. The van der Waals surface area contributed by atoms with Gasteiger partial charge in [0.2, 0.25) is 0 Å². The van der Waals surface area contributed by atoms with Gasteiger partial charge in [0.05, 0.1) is 5.60 Å². The summed E-state index contributed by atoms with van der Waals surface area (Å²) in [5.74, 6) is -0.0615. The number of aryl methyl sites for hydroxylation is 1. The highest BCUT2D eigenvalue weighted by molar-refractivity contribution is 5.92. The van der Waals surface area contributed by atoms with Gasteiger partial charge >= 0.3 is 0 Å². The van der Waals surface area contributed by atoms with E-state index in [1.165, 1.54) is 5.56 Å². The Bertz CT molecular complexity index is 705. The van der Waals surface area contributed by atoms with Crippen LogP contribution in [0.15, 0.2) is 42.6 Å². The molecule has 2 heterocycles. The molecule has 2 aromatic rings. The molecule has 1 aliphatic rings. The fourth-order valence-electron chi connectivity index (χ4n) is 3.26. The Hall–Kier alpha value is -2.20. The third kappa shape index (κ3) is 2.99. The van der Waals surface area contributed by atoms with Crippen LogP contribution < -0.4 is 0 Å². The summed E-state index contributed by atoms with van der Waals surface area (Å²) < 4.78 is 0. The zero-order valence-corrected chi connectivity index (χ0v) is 13.6. The molecule has 4 heteroatoms. The number of hydrogen-bond donors (Lipinski definition) is 1. The minimum absolute atomic E-state index is 0.0615. The first kappa shape index (κ1) is 15.7. The highest BCUT2D eigenvalue weighted by Crippen LogP contribution is 2.35. The Morgan fingerprint density at radius 3 is 2.52 bits per heavy atom. The first-order valence-corrected chi connectivity index (χ1v) is 8.01. The van der Waals surface area contributed by atoms with Crippen LogP contribution in [-0.2, 0) is 5.60 Å². The van der Waals surface area contributed by atoms with Gasteiger partial charge in [0.1, 0.15) is 5.69 Å². The molecule has 4 nitrogen and oxygen atoms in total. The van der Waals surface area contributed by atoms with Gasteiger partial charge in [-0.25, -0.2) is 0 Å². The number of benzene rings is 1. The molecule has 0 aliphatic carbocycles. The summed E-state index contributed by atoms with van der Waals surface area (Å²) in [7, 11) is 0. The van der Waals surface area contributed by atoms with E-state index in [1.807, 2.05) is 25.1 Å². The zero-order chi connectivity index (χ0) is 16.4. The molecule has 0 bridgehead atoms. The predicted octanol–water partition coefficient (Wildman–Crippen LogP) is 2.82. The summed E-state index contributed by atoms with van der Waals surface area (Å²) >= 11 is 0. The summed E-state index contributed by atoms with van der Waals surface area (Å²) in [5.41, 5.74) is 2.92. The smallest absolute Gasteiger partial charge is 0.272 e. The molecule has 1 saturated heterocycles. The molecule has 0 radical (unpaired) electrons. The van der Waals surface area contributed by atoms with E-state index in [1.54, 1.807) is 23.2 Å². The predicted molar refractivity (Wildman–Crippen MR) is 89.2 cm³/mol. The second kappa shape index (κ2) is 6.13. The molecule has 0 saturated carbocycles. The van der Waals surface area contributed by atoms with Crippen molar-refractivity contribution in [2.75, 3.05) is 13.1 Å². The molecule has 1 N–H and O–H groups in total. The lowest BCUT2D eigenvalue weighted by atomic mass is 9.81. The maximum atomic E-state index is 12.5. The van der Waals surface area contributed by atoms with Gasteiger partial charge in [-0.2, -0.15) is 0 Å². The summed E-state index contributed by atoms with van der Waals surface area (Å²) in [4.78, 5) is 18.4. The Morgan fingerprint density at radius 2 is 1.87 bits per heavy atom. The van der Waals surface area contributed by atoms with Gasteiger partial charge in [-0.15, -0.1) is 0 Å². The van der Waals surface area contributed by atoms with Crippen LogP contribution in [0.2, 0.25) is 0 Å². The van der Waals surface area contributed by atoms with Crippen LogP contribution in [0.25, 0.3) is 0 Å². The number of carbonyl (C=O) groups excluding carboxylic acids is 1. The summed E-state index contributed by atoms with van der Waals surface area (Å²) in [6.07, 6.45) is 2.73. The number of likely N-dealkylation sites (tertiary alicyclic amines) is 1. The highest BCUT2D eigenvalue weighted by atomic mass is 16.3. The van der Waals surface area contributed by atoms with Gasteiger partial charge in [0.25, 0.3) is 5.91 Å². The number of carbonyl (C=O) groups is 1. The largest absolute Gasteiger partial charge is 0.385 e. The maximum Gasteiger partial charge on any atom is 0.272 e. The molecule has 0 atom stereocenters. The van der Waals surface area contributed by atoms with Gasteiger partial charge in [0, 0.05) is 19.3 Å². The van der Waals surface area contributed by atoms with E-state index in [2.05, 4.69) is 18.0 Å². The molecule has 1 amide bonds. The monoisotopic (exact) mass is 310 g/mol. The van der Waals surface area contributed by atoms with Crippen LogP contribution in [-0.4, -0.2) is 34.0 Å². The topological polar surface area (TPSA) is 53.4 Å². The fraction of sp³-hybridized carbons (Fsp3) is 0.368. The Balaban J connectivity index is 1.75. The fourth-order valence-corrected chi connectivity index (χ4v) is 3.26. The number of aromatic nitrogens is 1. The van der Waals surface area contributed by atoms with E-state index in [4.69, 9.17) is 0 Å². The van der Waals surface area contributed by atoms with Gasteiger partial charge in [-0.1, -0.05) is 24.3 Å². The lowest BCUT2D eigenvalue weighted by Crippen LogP contribution is -2.45. The SMILES string of the molecule is Cc1cccc(C2(O)CCN(C(=O)c3ccccn3)CC2)c1C. The van der Waals surface area contributed by atoms with Gasteiger partial charge in [-0.3, -0.25) is 9.78 Å². The highest BCUT2D eigenvalue weighted by Gasteiger charge is 2.36. The number of nitrogens with zero attached hydrogens (tertiary/aromatic N) is 2. The number of rotatable bonds is 2. The number of amides is 1. The molecule has 3 rings (SSSR count). The maximum absolute atomic E-state index is 12.5. The third-order valence-electron chi connectivity index (χ3n) is 4.87. The van der Waals surface area contributed by atoms with Crippen molar-refractivity contribution in [3.8, 4) is 0 Å². The second-order valence-corrected chi connectivity index (χ2v) is 6.29. The molecule has 23 heavy (non-hydrogen) atoms. The van der Waals surface area contributed by atoms with Crippen molar-refractivity contribution in [2.45, 2.75) is 32.3 Å². The van der Waals surface area contributed by atoms with Crippen LogP contribution in [0.4, 0.5) is 0 Å². The zero-order valence-electron chi connectivity index (χ0n) is 13.6. The quantitative estimate of drug-likeness (QED) is 0.928. The molecular formula is C19H22N2O2. The molecular weight excluding hydrogens is 288 g/mol. The van der Waals surface area contributed by atoms with Crippen molar-refractivity contribution in [3.63, 3.8) is 0 Å². The number of piperidine rings is 1. The van der Waals surface area contributed by atoms with Gasteiger partial charge in [0.15, 0.2) is 0 Å². The molecule has 1 aromatic heterocycles. The number of aliphatic hydroxyl groups is 1. The van der Waals surface area contributed by atoms with Crippen molar-refractivity contribution >= 4 is 5.91 Å². The normalized spacial score (nSPS) is 17.1. The van der Waals surface area contributed by atoms with E-state index in [9.17, 15) is 9.90 Å². The average Bonchev–Trinajstić information content (AvgIpc) is 2.58. The summed E-state index contributed by atoms with van der Waals surface area (Å²) in [6, 6.07) is 11.4. The molecule has 1 fully saturated rings. The van der Waals surface area contributed by atoms with Crippen molar-refractivity contribution in [3.05, 3.63) is 65.0 Å². The Morgan fingerprint density at radius 1 is 1.13 bits per heavy atom. The lowest BCUT2D eigenvalue weighted by molar-refractivity contribution is -0.0217. The van der Waals surface area contributed by atoms with Crippen molar-refractivity contribution in [2.24, 2.45) is 0 Å². The minimum atomic E-state index is -0.850. The number of pyridine rings is 1. The van der Waals surface area contributed by atoms with Gasteiger partial charge in [-0.05, 0) is 55.5 Å². The molecule has 1 aromatic carbocycles. The van der Waals surface area contributed by atoms with Gasteiger partial charge < -0.3 is 10.0 Å². The molecule has 0 unspecified atom stereocenters. The van der Waals surface area contributed by atoms with E-state index in [-0.39, 0.29) is 5.91 Å². The summed E-state index contributed by atoms with van der Waals surface area (Å²) in [5, 5.41) is 11.1. The average molecular weight is 310 g/mol. The van der Waals surface area contributed by atoms with Crippen LogP contribution in [0.1, 0.15) is 40.0 Å². The van der Waals surface area contributed by atoms with Crippen LogP contribution in [0, 0.1) is 13.8 Å². The van der Waals surface area contributed by atoms with E-state index in [0.717, 1.165) is 11.1 Å². The van der Waals surface area contributed by atoms with Crippen molar-refractivity contribution < 1.29 is 9.90 Å². The standard InChI is InChI=1S/C19H22N2O2/c1-14-6-5-7-16(15(14)2)19(23)9-12-21(13-10-19)18(22)17-8-3-4-11-20-17/h3-8,11,23H,9-10,12-13H2,1-2H3. The lowest BCUT2D eigenvalue weighted by Gasteiger charge is -2.39. The Labute approximate surface area is 136 Å². The second-order valence-electron chi connectivity index (χ2n) is 6.29. The van der Waals surface area contributed by atoms with E-state index < -0.39 is 5.60 Å². The Kier molecular flexibility index (Phi) is 4.18. The minimum Gasteiger partial charge on any atom is -0.385 e. The first-order valence-electron chi connectivity index (χ1n) is 8.01. The van der Waals surface area contributed by atoms with Crippen molar-refractivity contribution in [1.82, 2.24) is 9.88 Å². The van der Waals surface area contributed by atoms with Crippen LogP contribution in [0.3, 0.4) is 0 Å². The molecule has 120 valence electrons. The summed E-state index contributed by atoms with van der Waals surface area (Å²) in [6.45, 7) is 5.19. The molecule has 0 spiro atoms. The van der Waals surface area contributed by atoms with Crippen molar-refractivity contribution in [1.29, 1.82) is 0 Å². The van der Waals surface area contributed by atoms with E-state index in [0.29, 0.717) is 31.6 Å². The van der Waals surface area contributed by atoms with Crippen LogP contribution in [0.5, 0.6) is 0 Å². The van der Waals surface area contributed by atoms with Crippen LogP contribution >= 0.6 is 0 Å². The number of hydrogen-bond acceptors (Lipinski definition) is 3. The van der Waals surface area contributed by atoms with E-state index >= 15 is 0 Å². The molecule has 1 aliphatic heterocycles.